The number of benzene rings is 1. The zero-order valence-corrected chi connectivity index (χ0v) is 18.8. The highest BCUT2D eigenvalue weighted by Gasteiger charge is 2.41. The summed E-state index contributed by atoms with van der Waals surface area (Å²) >= 11 is 6.29. The Morgan fingerprint density at radius 2 is 1.81 bits per heavy atom. The number of rotatable bonds is 6. The van der Waals surface area contributed by atoms with Gasteiger partial charge in [-0.05, 0) is 57.2 Å². The van der Waals surface area contributed by atoms with Gasteiger partial charge in [-0.15, -0.1) is 0 Å². The fraction of sp³-hybridized carbons (Fsp3) is 0.480. The molecule has 1 heterocycles. The number of hydrogen-bond acceptors (Lipinski definition) is 4. The van der Waals surface area contributed by atoms with E-state index in [1.807, 2.05) is 48.7 Å². The molecule has 0 aliphatic heterocycles. The van der Waals surface area contributed by atoms with Gasteiger partial charge in [-0.3, -0.25) is 14.4 Å². The molecule has 4 rings (SSSR count). The van der Waals surface area contributed by atoms with E-state index in [4.69, 9.17) is 16.3 Å². The molecule has 5 nitrogen and oxygen atoms in total. The lowest BCUT2D eigenvalue weighted by Crippen LogP contribution is -2.39. The first-order valence-electron chi connectivity index (χ1n) is 11.0. The molecule has 3 atom stereocenters. The molecule has 2 aliphatic rings. The van der Waals surface area contributed by atoms with Crippen LogP contribution in [0.2, 0.25) is 5.02 Å². The number of aromatic nitrogens is 1. The van der Waals surface area contributed by atoms with Crippen LogP contribution in [0.1, 0.15) is 59.4 Å². The lowest BCUT2D eigenvalue weighted by atomic mass is 9.67. The number of nitrogens with zero attached hydrogens (tertiary/aromatic N) is 1. The Morgan fingerprint density at radius 1 is 1.13 bits per heavy atom. The summed E-state index contributed by atoms with van der Waals surface area (Å²) < 4.78 is 7.46. The van der Waals surface area contributed by atoms with Crippen molar-refractivity contribution in [3.05, 3.63) is 57.9 Å². The minimum absolute atomic E-state index is 0.00973. The van der Waals surface area contributed by atoms with Crippen LogP contribution in [0.25, 0.3) is 0 Å². The molecule has 2 bridgehead atoms. The maximum atomic E-state index is 12.8. The first-order valence-corrected chi connectivity index (χ1v) is 11.4. The molecule has 2 aliphatic carbocycles. The number of ether oxygens (including phenoxy) is 1. The highest BCUT2D eigenvalue weighted by atomic mass is 35.5. The SMILES string of the molecule is Cc1cc(C(=O)COC(=O)C2C[C@H]3CCC[C@@H](C2)C3=O)c(C)n1Cc1ccccc1Cl. The van der Waals surface area contributed by atoms with Crippen molar-refractivity contribution in [3.63, 3.8) is 0 Å². The molecular formula is C25H28ClNO4. The standard InChI is InChI=1S/C25H28ClNO4/c1-15-10-21(16(2)27(15)13-19-6-3-4-9-22(19)26)23(28)14-31-25(30)20-11-17-7-5-8-18(12-20)24(17)29/h3-4,6,9-10,17-18,20H,5,7-8,11-14H2,1-2H3/t17-,18+,20?. The molecule has 1 aromatic carbocycles. The second kappa shape index (κ2) is 8.99. The zero-order chi connectivity index (χ0) is 22.1. The van der Waals surface area contributed by atoms with Crippen molar-refractivity contribution >= 4 is 29.1 Å². The van der Waals surface area contributed by atoms with Gasteiger partial charge in [-0.25, -0.2) is 0 Å². The van der Waals surface area contributed by atoms with Gasteiger partial charge >= 0.3 is 5.97 Å². The highest BCUT2D eigenvalue weighted by Crippen LogP contribution is 2.40. The number of ketones is 2. The Bertz CT molecular complexity index is 1010. The maximum absolute atomic E-state index is 12.8. The van der Waals surface area contributed by atoms with Gasteiger partial charge in [0.25, 0.3) is 0 Å². The molecule has 6 heteroatoms. The average molecular weight is 442 g/mol. The van der Waals surface area contributed by atoms with Crippen LogP contribution in [-0.4, -0.2) is 28.7 Å². The van der Waals surface area contributed by atoms with E-state index < -0.39 is 0 Å². The van der Waals surface area contributed by atoms with Crippen LogP contribution in [0.5, 0.6) is 0 Å². The van der Waals surface area contributed by atoms with E-state index >= 15 is 0 Å². The number of hydrogen-bond donors (Lipinski definition) is 0. The minimum atomic E-state index is -0.345. The van der Waals surface area contributed by atoms with Crippen LogP contribution >= 0.6 is 11.6 Å². The predicted octanol–water partition coefficient (Wildman–Crippen LogP) is 4.93. The Hall–Kier alpha value is -2.40. The maximum Gasteiger partial charge on any atom is 0.309 e. The highest BCUT2D eigenvalue weighted by molar-refractivity contribution is 6.31. The van der Waals surface area contributed by atoms with Crippen molar-refractivity contribution in [2.45, 2.75) is 52.5 Å². The molecular weight excluding hydrogens is 414 g/mol. The van der Waals surface area contributed by atoms with Crippen LogP contribution in [0.4, 0.5) is 0 Å². The van der Waals surface area contributed by atoms with Gasteiger partial charge in [0, 0.05) is 40.4 Å². The van der Waals surface area contributed by atoms with Crippen molar-refractivity contribution in [3.8, 4) is 0 Å². The van der Waals surface area contributed by atoms with E-state index in [-0.39, 0.29) is 36.1 Å². The summed E-state index contributed by atoms with van der Waals surface area (Å²) in [5.74, 6) is -0.527. The van der Waals surface area contributed by atoms with Crippen LogP contribution in [-0.2, 0) is 20.9 Å². The van der Waals surface area contributed by atoms with E-state index in [9.17, 15) is 14.4 Å². The summed E-state index contributed by atoms with van der Waals surface area (Å²) in [6.07, 6.45) is 3.93. The number of carbonyl (C=O) groups is 3. The fourth-order valence-corrected chi connectivity index (χ4v) is 5.32. The van der Waals surface area contributed by atoms with E-state index in [1.54, 1.807) is 0 Å². The van der Waals surface area contributed by atoms with Gasteiger partial charge < -0.3 is 9.30 Å². The van der Waals surface area contributed by atoms with Crippen LogP contribution in [0.3, 0.4) is 0 Å². The largest absolute Gasteiger partial charge is 0.457 e. The topological polar surface area (TPSA) is 65.4 Å². The quantitative estimate of drug-likeness (QED) is 0.471. The fourth-order valence-electron chi connectivity index (χ4n) is 5.13. The van der Waals surface area contributed by atoms with Gasteiger partial charge in [-0.1, -0.05) is 36.2 Å². The molecule has 2 saturated carbocycles. The summed E-state index contributed by atoms with van der Waals surface area (Å²) in [7, 11) is 0. The van der Waals surface area contributed by atoms with Crippen molar-refractivity contribution in [2.75, 3.05) is 6.61 Å². The number of aryl methyl sites for hydroxylation is 1. The molecule has 164 valence electrons. The van der Waals surface area contributed by atoms with Crippen molar-refractivity contribution in [2.24, 2.45) is 17.8 Å². The van der Waals surface area contributed by atoms with E-state index in [1.165, 1.54) is 0 Å². The molecule has 0 N–H and O–H groups in total. The lowest BCUT2D eigenvalue weighted by Gasteiger charge is -2.36. The first kappa shape index (κ1) is 21.8. The van der Waals surface area contributed by atoms with E-state index in [2.05, 4.69) is 0 Å². The third kappa shape index (κ3) is 4.47. The van der Waals surface area contributed by atoms with Crippen molar-refractivity contribution in [1.29, 1.82) is 0 Å². The molecule has 0 radical (unpaired) electrons. The minimum Gasteiger partial charge on any atom is -0.457 e. The Balaban J connectivity index is 1.39. The number of Topliss-reactive ketones (excluding diaryl/α,β-unsaturated/α-hetero) is 2. The molecule has 1 unspecified atom stereocenters. The molecule has 2 fully saturated rings. The van der Waals surface area contributed by atoms with Crippen molar-refractivity contribution in [1.82, 2.24) is 4.57 Å². The van der Waals surface area contributed by atoms with E-state index in [0.717, 1.165) is 36.2 Å². The van der Waals surface area contributed by atoms with Crippen molar-refractivity contribution < 1.29 is 19.1 Å². The monoisotopic (exact) mass is 441 g/mol. The summed E-state index contributed by atoms with van der Waals surface area (Å²) in [5.41, 5.74) is 3.32. The Morgan fingerprint density at radius 3 is 2.48 bits per heavy atom. The second-order valence-electron chi connectivity index (χ2n) is 8.89. The molecule has 1 aromatic heterocycles. The van der Waals surface area contributed by atoms with Gasteiger partial charge in [-0.2, -0.15) is 0 Å². The molecule has 31 heavy (non-hydrogen) atoms. The van der Waals surface area contributed by atoms with Gasteiger partial charge in [0.2, 0.25) is 5.78 Å². The first-order chi connectivity index (χ1) is 14.8. The van der Waals surface area contributed by atoms with E-state index in [0.29, 0.717) is 35.8 Å². The second-order valence-corrected chi connectivity index (χ2v) is 9.30. The van der Waals surface area contributed by atoms with Crippen LogP contribution in [0.15, 0.2) is 30.3 Å². The van der Waals surface area contributed by atoms with Gasteiger partial charge in [0.05, 0.1) is 5.92 Å². The third-order valence-electron chi connectivity index (χ3n) is 6.89. The summed E-state index contributed by atoms with van der Waals surface area (Å²) in [6, 6.07) is 9.48. The average Bonchev–Trinajstić information content (AvgIpc) is 3.01. The summed E-state index contributed by atoms with van der Waals surface area (Å²) in [4.78, 5) is 37.7. The lowest BCUT2D eigenvalue weighted by molar-refractivity contribution is -0.152. The molecule has 0 saturated heterocycles. The van der Waals surface area contributed by atoms with Crippen LogP contribution < -0.4 is 0 Å². The number of esters is 1. The summed E-state index contributed by atoms with van der Waals surface area (Å²) in [5, 5.41) is 0.688. The normalized spacial score (nSPS) is 22.9. The zero-order valence-electron chi connectivity index (χ0n) is 18.0. The van der Waals surface area contributed by atoms with Gasteiger partial charge in [0.15, 0.2) is 6.61 Å². The van der Waals surface area contributed by atoms with Gasteiger partial charge in [0.1, 0.15) is 5.78 Å². The number of fused-ring (bicyclic) bond motifs is 2. The molecule has 0 spiro atoms. The molecule has 0 amide bonds. The smallest absolute Gasteiger partial charge is 0.309 e. The predicted molar refractivity (Wildman–Crippen MR) is 118 cm³/mol. The molecule has 2 aromatic rings. The Kier molecular flexibility index (Phi) is 6.33. The third-order valence-corrected chi connectivity index (χ3v) is 7.26. The number of halogens is 1. The number of carbonyl (C=O) groups excluding carboxylic acids is 3. The summed E-state index contributed by atoms with van der Waals surface area (Å²) in [6.45, 7) is 4.15. The Labute approximate surface area is 187 Å². The van der Waals surface area contributed by atoms with Crippen LogP contribution in [0, 0.1) is 31.6 Å².